The number of para-hydroxylation sites is 1. The number of aliphatic hydroxyl groups excluding tert-OH is 1. The maximum absolute atomic E-state index is 11.0. The minimum absolute atomic E-state index is 0.0455. The van der Waals surface area contributed by atoms with Gasteiger partial charge in [-0.3, -0.25) is 10.1 Å². The molecule has 0 aliphatic carbocycles. The van der Waals surface area contributed by atoms with Crippen LogP contribution in [-0.4, -0.2) is 32.4 Å². The van der Waals surface area contributed by atoms with Crippen molar-refractivity contribution in [1.29, 1.82) is 0 Å². The van der Waals surface area contributed by atoms with E-state index < -0.39 is 14.2 Å². The molecule has 7 nitrogen and oxygen atoms in total. The molecule has 2 rings (SSSR count). The summed E-state index contributed by atoms with van der Waals surface area (Å²) in [6.45, 7) is 0.523. The van der Waals surface area contributed by atoms with Crippen LogP contribution in [0.2, 0.25) is 0 Å². The molecule has 0 unspecified atom stereocenters. The van der Waals surface area contributed by atoms with E-state index in [9.17, 15) is 10.1 Å². The summed E-state index contributed by atoms with van der Waals surface area (Å²) in [5.74, 6) is 0. The fourth-order valence-corrected chi connectivity index (χ4v) is 1.75. The Morgan fingerprint density at radius 1 is 1.36 bits per heavy atom. The van der Waals surface area contributed by atoms with Crippen LogP contribution >= 0.6 is 21.4 Å². The largest absolute Gasteiger partial charge is 0.396 e. The summed E-state index contributed by atoms with van der Waals surface area (Å²) < 4.78 is 9.09. The van der Waals surface area contributed by atoms with Gasteiger partial charge in [-0.2, -0.15) is 0 Å². The van der Waals surface area contributed by atoms with Crippen LogP contribution in [0.15, 0.2) is 30.5 Å². The van der Waals surface area contributed by atoms with Crippen LogP contribution in [0.5, 0.6) is 0 Å². The molecule has 0 amide bonds. The first-order chi connectivity index (χ1) is 10.5. The molecule has 120 valence electrons. The predicted molar refractivity (Wildman–Crippen MR) is 88.4 cm³/mol. The van der Waals surface area contributed by atoms with E-state index in [1.54, 1.807) is 12.1 Å². The van der Waals surface area contributed by atoms with Crippen LogP contribution in [0, 0.1) is 10.1 Å². The molecule has 10 heteroatoms. The number of aliphatic hydroxyl groups is 1. The smallest absolute Gasteiger partial charge is 0.311 e. The average molecular weight is 366 g/mol. The van der Waals surface area contributed by atoms with Crippen molar-refractivity contribution in [1.82, 2.24) is 4.98 Å². The van der Waals surface area contributed by atoms with Gasteiger partial charge in [0.05, 0.1) is 10.4 Å². The zero-order valence-electron chi connectivity index (χ0n) is 11.2. The highest BCUT2D eigenvalue weighted by Gasteiger charge is 2.17. The van der Waals surface area contributed by atoms with Gasteiger partial charge in [0.2, 0.25) is 9.23 Å². The molecule has 0 fully saturated rings. The lowest BCUT2D eigenvalue weighted by Gasteiger charge is -2.09. The lowest BCUT2D eigenvalue weighted by molar-refractivity contribution is -0.384. The summed E-state index contributed by atoms with van der Waals surface area (Å²) in [5.41, 5.74) is 1.11. The topological polar surface area (TPSA) is 105 Å². The van der Waals surface area contributed by atoms with E-state index in [0.717, 1.165) is 0 Å². The number of benzene rings is 1. The summed E-state index contributed by atoms with van der Waals surface area (Å²) in [7, 11) is 7.36. The third-order valence-corrected chi connectivity index (χ3v) is 2.59. The van der Waals surface area contributed by atoms with Crippen molar-refractivity contribution in [2.24, 2.45) is 0 Å². The number of nitro groups is 1. The summed E-state index contributed by atoms with van der Waals surface area (Å²) in [4.78, 5) is 14.6. The Hall–Kier alpha value is -1.48. The van der Waals surface area contributed by atoms with Gasteiger partial charge in [0, 0.05) is 39.9 Å². The third-order valence-electron chi connectivity index (χ3n) is 2.59. The van der Waals surface area contributed by atoms with Crippen molar-refractivity contribution in [3.05, 3.63) is 40.6 Å². The van der Waals surface area contributed by atoms with Crippen LogP contribution in [0.4, 0.5) is 11.4 Å². The number of pyridine rings is 1. The molecule has 1 aromatic carbocycles. The number of fused-ring (bicyclic) bond motifs is 1. The van der Waals surface area contributed by atoms with E-state index in [1.807, 2.05) is 12.1 Å². The molecule has 22 heavy (non-hydrogen) atoms. The number of hydrogen-bond donors (Lipinski definition) is 2. The van der Waals surface area contributed by atoms with Gasteiger partial charge < -0.3 is 10.4 Å². The van der Waals surface area contributed by atoms with Crippen LogP contribution in [0.25, 0.3) is 10.9 Å². The van der Waals surface area contributed by atoms with E-state index >= 15 is 0 Å². The number of anilines is 1. The molecule has 0 spiro atoms. The quantitative estimate of drug-likeness (QED) is 0.365. The first-order valence-electron chi connectivity index (χ1n) is 6.08. The Labute approximate surface area is 137 Å². The lowest BCUT2D eigenvalue weighted by atomic mass is 10.1. The maximum atomic E-state index is 11.0. The molecule has 2 aromatic rings. The summed E-state index contributed by atoms with van der Waals surface area (Å²) in [6.07, 6.45) is 1.79. The summed E-state index contributed by atoms with van der Waals surface area (Å²) in [5, 5.41) is 23.4. The van der Waals surface area contributed by atoms with Crippen molar-refractivity contribution < 1.29 is 14.2 Å². The van der Waals surface area contributed by atoms with Crippen LogP contribution < -0.4 is 5.32 Å². The van der Waals surface area contributed by atoms with Crippen molar-refractivity contribution in [2.75, 3.05) is 18.5 Å². The van der Waals surface area contributed by atoms with E-state index in [-0.39, 0.29) is 12.3 Å². The maximum Gasteiger partial charge on any atom is 0.311 e. The van der Waals surface area contributed by atoms with Gasteiger partial charge in [0.25, 0.3) is 0 Å². The van der Waals surface area contributed by atoms with Crippen molar-refractivity contribution in [3.63, 3.8) is 0 Å². The van der Waals surface area contributed by atoms with Crippen molar-refractivity contribution in [2.45, 2.75) is 6.42 Å². The highest BCUT2D eigenvalue weighted by molar-refractivity contribution is 8.26. The van der Waals surface area contributed by atoms with E-state index in [1.165, 1.54) is 6.20 Å². The Bertz CT molecular complexity index is 668. The second-order valence-corrected chi connectivity index (χ2v) is 6.51. The number of aromatic nitrogens is 1. The number of nitrogens with one attached hydrogen (secondary N) is 1. The van der Waals surface area contributed by atoms with Crippen LogP contribution in [0.1, 0.15) is 6.42 Å². The molecule has 0 saturated heterocycles. The van der Waals surface area contributed by atoms with Gasteiger partial charge in [-0.1, -0.05) is 18.2 Å². The third kappa shape index (κ3) is 5.72. The average Bonchev–Trinajstić information content (AvgIpc) is 2.46. The Balaban J connectivity index is 0.000000541. The molecule has 0 aliphatic heterocycles. The zero-order chi connectivity index (χ0) is 16.5. The lowest BCUT2D eigenvalue weighted by Crippen LogP contribution is -2.06. The number of hydrogen-bond acceptors (Lipinski definition) is 6. The zero-order valence-corrected chi connectivity index (χ0v) is 13.6. The molecule has 0 radical (unpaired) electrons. The predicted octanol–water partition coefficient (Wildman–Crippen LogP) is 2.98. The standard InChI is InChI=1S/C12H13N3O3.Cl2OS/c16-7-3-6-13-12-9-4-1-2-5-10(9)14-8-11(12)15(17)18;1-4(2)3/h1-2,4-5,8,16H,3,6-7H2,(H,13,14);. The SMILES string of the molecule is O=S(Cl)Cl.O=[N+]([O-])c1cnc2ccccc2c1NCCCO. The summed E-state index contributed by atoms with van der Waals surface area (Å²) in [6, 6.07) is 7.23. The molecule has 0 bridgehead atoms. The monoisotopic (exact) mass is 365 g/mol. The van der Waals surface area contributed by atoms with Crippen molar-refractivity contribution >= 4 is 52.9 Å². The normalized spacial score (nSPS) is 10.2. The van der Waals surface area contributed by atoms with Crippen LogP contribution in [0.3, 0.4) is 0 Å². The van der Waals surface area contributed by atoms with E-state index in [0.29, 0.717) is 29.6 Å². The fourth-order valence-electron chi connectivity index (χ4n) is 1.75. The highest BCUT2D eigenvalue weighted by Crippen LogP contribution is 2.31. The molecule has 1 aromatic heterocycles. The molecule has 0 atom stereocenters. The van der Waals surface area contributed by atoms with Gasteiger partial charge >= 0.3 is 5.69 Å². The summed E-state index contributed by atoms with van der Waals surface area (Å²) >= 11 is 0. The van der Waals surface area contributed by atoms with Crippen molar-refractivity contribution in [3.8, 4) is 0 Å². The van der Waals surface area contributed by atoms with E-state index in [4.69, 9.17) is 9.32 Å². The highest BCUT2D eigenvalue weighted by atomic mass is 36.0. The fraction of sp³-hybridized carbons (Fsp3) is 0.250. The number of nitrogens with zero attached hydrogens (tertiary/aromatic N) is 2. The van der Waals surface area contributed by atoms with Gasteiger partial charge in [-0.15, -0.1) is 0 Å². The number of rotatable bonds is 5. The molecule has 1 heterocycles. The first-order valence-corrected chi connectivity index (χ1v) is 8.88. The van der Waals surface area contributed by atoms with Gasteiger partial charge in [0.15, 0.2) is 0 Å². The van der Waals surface area contributed by atoms with E-state index in [2.05, 4.69) is 31.7 Å². The minimum atomic E-state index is -1.67. The minimum Gasteiger partial charge on any atom is -0.396 e. The Kier molecular flexibility index (Phi) is 8.03. The number of halogens is 2. The van der Waals surface area contributed by atoms with Gasteiger partial charge in [0.1, 0.15) is 11.9 Å². The molecular weight excluding hydrogens is 353 g/mol. The van der Waals surface area contributed by atoms with Crippen LogP contribution in [-0.2, 0) is 9.23 Å². The molecule has 2 N–H and O–H groups in total. The molecule has 0 saturated carbocycles. The molecular formula is C12H13Cl2N3O4S. The second kappa shape index (κ2) is 9.52. The molecule has 0 aliphatic rings. The first kappa shape index (κ1) is 18.6. The Morgan fingerprint density at radius 3 is 2.59 bits per heavy atom. The van der Waals surface area contributed by atoms with Gasteiger partial charge in [-0.25, -0.2) is 9.19 Å². The van der Waals surface area contributed by atoms with Gasteiger partial charge in [-0.05, 0) is 12.5 Å². The Morgan fingerprint density at radius 2 is 2.00 bits per heavy atom. The second-order valence-electron chi connectivity index (χ2n) is 3.98.